The van der Waals surface area contributed by atoms with Crippen molar-refractivity contribution in [1.29, 1.82) is 0 Å². The highest BCUT2D eigenvalue weighted by atomic mass is 19.4. The Morgan fingerprint density at radius 3 is 2.67 bits per heavy atom. The molecule has 0 aliphatic carbocycles. The topological polar surface area (TPSA) is 110 Å². The Labute approximate surface area is 185 Å². The van der Waals surface area contributed by atoms with E-state index in [2.05, 4.69) is 25.0 Å². The summed E-state index contributed by atoms with van der Waals surface area (Å²) in [4.78, 5) is 33.8. The van der Waals surface area contributed by atoms with Gasteiger partial charge in [0.1, 0.15) is 11.3 Å². The first kappa shape index (κ1) is 22.5. The number of carbonyl (C=O) groups is 2. The molecule has 1 fully saturated rings. The van der Waals surface area contributed by atoms with Crippen molar-refractivity contribution in [3.05, 3.63) is 47.7 Å². The van der Waals surface area contributed by atoms with Gasteiger partial charge < -0.3 is 14.6 Å². The number of imide groups is 1. The van der Waals surface area contributed by atoms with Crippen molar-refractivity contribution in [2.75, 3.05) is 13.2 Å². The van der Waals surface area contributed by atoms with E-state index in [-0.39, 0.29) is 29.9 Å². The molecule has 3 heterocycles. The number of carbonyl (C=O) groups excluding carboxylic acids is 2. The van der Waals surface area contributed by atoms with E-state index in [1.54, 1.807) is 6.07 Å². The fraction of sp³-hybridized carbons (Fsp3) is 0.381. The van der Waals surface area contributed by atoms with E-state index in [0.717, 1.165) is 4.90 Å². The van der Waals surface area contributed by atoms with Crippen LogP contribution < -0.4 is 10.1 Å². The molecular formula is C21H20F3N5O4. The van der Waals surface area contributed by atoms with Gasteiger partial charge in [0.25, 0.3) is 5.91 Å². The lowest BCUT2D eigenvalue weighted by Crippen LogP contribution is -2.32. The third-order valence-electron chi connectivity index (χ3n) is 5.12. The van der Waals surface area contributed by atoms with Gasteiger partial charge in [-0.05, 0) is 31.0 Å². The van der Waals surface area contributed by atoms with Crippen molar-refractivity contribution in [3.63, 3.8) is 0 Å². The van der Waals surface area contributed by atoms with Crippen LogP contribution in [0.25, 0.3) is 10.9 Å². The van der Waals surface area contributed by atoms with Crippen LogP contribution in [0.15, 0.2) is 35.1 Å². The highest BCUT2D eigenvalue weighted by Crippen LogP contribution is 2.38. The van der Waals surface area contributed by atoms with Gasteiger partial charge in [-0.1, -0.05) is 18.5 Å². The average Bonchev–Trinajstić information content (AvgIpc) is 3.35. The van der Waals surface area contributed by atoms with Crippen LogP contribution >= 0.6 is 0 Å². The molecule has 1 atom stereocenters. The molecule has 3 amide bonds. The number of hydrogen-bond acceptors (Lipinski definition) is 7. The maximum Gasteiger partial charge on any atom is 0.453 e. The zero-order valence-corrected chi connectivity index (χ0v) is 17.6. The molecule has 1 aliphatic rings. The van der Waals surface area contributed by atoms with Crippen LogP contribution in [0.3, 0.4) is 0 Å². The summed E-state index contributed by atoms with van der Waals surface area (Å²) in [5, 5.41) is 6.05. The molecule has 2 aromatic heterocycles. The standard InChI is InChI=1S/C21H20F3N5O4/c1-2-5-12-14(7-6-13-15(12)28-33-17(13)21(22,23)24)32-11-4-10-29-19(30)16(27-20(29)31)18-25-8-3-9-26-18/h3,6-9,16H,2,4-5,10-11H2,1H3,(H,27,31). The van der Waals surface area contributed by atoms with Crippen molar-refractivity contribution >= 4 is 22.8 Å². The number of nitrogens with one attached hydrogen (secondary N) is 1. The number of alkyl halides is 3. The fourth-order valence-corrected chi connectivity index (χ4v) is 3.65. The molecule has 0 bridgehead atoms. The largest absolute Gasteiger partial charge is 0.493 e. The minimum absolute atomic E-state index is 0.0987. The van der Waals surface area contributed by atoms with E-state index in [4.69, 9.17) is 4.74 Å². The normalized spacial score (nSPS) is 16.5. The summed E-state index contributed by atoms with van der Waals surface area (Å²) < 4.78 is 49.7. The number of ether oxygens (including phenoxy) is 1. The second-order valence-electron chi connectivity index (χ2n) is 7.38. The average molecular weight is 463 g/mol. The fourth-order valence-electron chi connectivity index (χ4n) is 3.65. The van der Waals surface area contributed by atoms with Crippen molar-refractivity contribution in [2.24, 2.45) is 0 Å². The molecule has 1 aliphatic heterocycles. The minimum atomic E-state index is -4.65. The van der Waals surface area contributed by atoms with Gasteiger partial charge in [-0.25, -0.2) is 14.8 Å². The molecule has 9 nitrogen and oxygen atoms in total. The summed E-state index contributed by atoms with van der Waals surface area (Å²) in [6.45, 7) is 2.12. The molecule has 3 aromatic rings. The second kappa shape index (κ2) is 9.04. The Morgan fingerprint density at radius 1 is 1.21 bits per heavy atom. The van der Waals surface area contributed by atoms with Crippen LogP contribution in [0.2, 0.25) is 0 Å². The third-order valence-corrected chi connectivity index (χ3v) is 5.12. The molecule has 12 heteroatoms. The molecule has 0 radical (unpaired) electrons. The number of rotatable bonds is 8. The van der Waals surface area contributed by atoms with Crippen LogP contribution in [0.4, 0.5) is 18.0 Å². The molecule has 174 valence electrons. The Morgan fingerprint density at radius 2 is 1.97 bits per heavy atom. The van der Waals surface area contributed by atoms with Gasteiger partial charge in [0.05, 0.1) is 12.0 Å². The first-order valence-electron chi connectivity index (χ1n) is 10.3. The summed E-state index contributed by atoms with van der Waals surface area (Å²) in [5.74, 6) is -1.00. The van der Waals surface area contributed by atoms with Crippen LogP contribution in [0.5, 0.6) is 5.75 Å². The van der Waals surface area contributed by atoms with Gasteiger partial charge in [-0.2, -0.15) is 13.2 Å². The number of aryl methyl sites for hydroxylation is 1. The van der Waals surface area contributed by atoms with Crippen LogP contribution in [-0.2, 0) is 17.4 Å². The first-order chi connectivity index (χ1) is 15.8. The SMILES string of the molecule is CCCc1c(OCCCN2C(=O)NC(c3ncccn3)C2=O)ccc2c(C(F)(F)F)onc12. The lowest BCUT2D eigenvalue weighted by atomic mass is 10.0. The monoisotopic (exact) mass is 463 g/mol. The smallest absolute Gasteiger partial charge is 0.453 e. The third kappa shape index (κ3) is 4.45. The van der Waals surface area contributed by atoms with E-state index < -0.39 is 29.9 Å². The molecule has 0 saturated carbocycles. The number of halogens is 3. The zero-order valence-electron chi connectivity index (χ0n) is 17.6. The Kier molecular flexibility index (Phi) is 6.16. The predicted molar refractivity (Wildman–Crippen MR) is 108 cm³/mol. The van der Waals surface area contributed by atoms with Crippen molar-refractivity contribution in [1.82, 2.24) is 25.3 Å². The van der Waals surface area contributed by atoms with Gasteiger partial charge in [0, 0.05) is 24.5 Å². The quantitative estimate of drug-likeness (QED) is 0.401. The van der Waals surface area contributed by atoms with Gasteiger partial charge >= 0.3 is 12.2 Å². The molecule has 4 rings (SSSR count). The number of amides is 3. The molecule has 1 aromatic carbocycles. The van der Waals surface area contributed by atoms with Crippen LogP contribution in [-0.4, -0.2) is 45.1 Å². The lowest BCUT2D eigenvalue weighted by Gasteiger charge is -2.15. The van der Waals surface area contributed by atoms with Crippen molar-refractivity contribution < 1.29 is 32.0 Å². The minimum Gasteiger partial charge on any atom is -0.493 e. The summed E-state index contributed by atoms with van der Waals surface area (Å²) in [6, 6.07) is 2.84. The summed E-state index contributed by atoms with van der Waals surface area (Å²) in [6.07, 6.45) is -0.258. The van der Waals surface area contributed by atoms with Gasteiger partial charge in [-0.3, -0.25) is 9.69 Å². The van der Waals surface area contributed by atoms with E-state index in [1.807, 2.05) is 6.92 Å². The molecular weight excluding hydrogens is 443 g/mol. The van der Waals surface area contributed by atoms with Gasteiger partial charge in [0.2, 0.25) is 5.76 Å². The van der Waals surface area contributed by atoms with Crippen molar-refractivity contribution in [3.8, 4) is 5.75 Å². The van der Waals surface area contributed by atoms with E-state index in [0.29, 0.717) is 30.6 Å². The number of fused-ring (bicyclic) bond motifs is 1. The molecule has 1 saturated heterocycles. The number of urea groups is 1. The zero-order chi connectivity index (χ0) is 23.6. The second-order valence-corrected chi connectivity index (χ2v) is 7.38. The lowest BCUT2D eigenvalue weighted by molar-refractivity contribution is -0.154. The van der Waals surface area contributed by atoms with E-state index >= 15 is 0 Å². The summed E-state index contributed by atoms with van der Waals surface area (Å²) in [7, 11) is 0. The maximum atomic E-state index is 13.1. The van der Waals surface area contributed by atoms with Crippen LogP contribution in [0, 0.1) is 0 Å². The molecule has 1 unspecified atom stereocenters. The Bertz CT molecular complexity index is 1170. The maximum absolute atomic E-state index is 13.1. The molecule has 33 heavy (non-hydrogen) atoms. The van der Waals surface area contributed by atoms with Gasteiger partial charge in [0.15, 0.2) is 11.9 Å². The Hall–Kier alpha value is -3.70. The molecule has 0 spiro atoms. The predicted octanol–water partition coefficient (Wildman–Crippen LogP) is 3.65. The number of hydrogen-bond donors (Lipinski definition) is 1. The number of aromatic nitrogens is 3. The molecule has 1 N–H and O–H groups in total. The number of nitrogens with zero attached hydrogens (tertiary/aromatic N) is 4. The summed E-state index contributed by atoms with van der Waals surface area (Å²) >= 11 is 0. The highest BCUT2D eigenvalue weighted by molar-refractivity contribution is 6.04. The first-order valence-corrected chi connectivity index (χ1v) is 10.3. The van der Waals surface area contributed by atoms with Crippen molar-refractivity contribution in [2.45, 2.75) is 38.4 Å². The summed E-state index contributed by atoms with van der Waals surface area (Å²) in [5.41, 5.74) is 0.631. The Balaban J connectivity index is 1.41. The number of benzene rings is 1. The van der Waals surface area contributed by atoms with Gasteiger partial charge in [-0.15, -0.1) is 0 Å². The van der Waals surface area contributed by atoms with Crippen LogP contribution in [0.1, 0.15) is 43.0 Å². The highest BCUT2D eigenvalue weighted by Gasteiger charge is 2.40. The van der Waals surface area contributed by atoms with E-state index in [1.165, 1.54) is 24.5 Å². The van der Waals surface area contributed by atoms with E-state index in [9.17, 15) is 22.8 Å².